The number of nitrogens with zero attached hydrogens (tertiary/aromatic N) is 1. The normalized spacial score (nSPS) is 33.1. The van der Waals surface area contributed by atoms with Gasteiger partial charge >= 0.3 is 6.09 Å². The van der Waals surface area contributed by atoms with Gasteiger partial charge in [0.25, 0.3) is 0 Å². The van der Waals surface area contributed by atoms with Crippen LogP contribution < -0.4 is 0 Å². The molecule has 9 heteroatoms. The average molecular weight is 363 g/mol. The van der Waals surface area contributed by atoms with E-state index in [9.17, 15) is 9.59 Å². The van der Waals surface area contributed by atoms with Crippen LogP contribution in [-0.4, -0.2) is 57.9 Å². The molecule has 1 saturated heterocycles. The number of fused-ring (bicyclic) bond motifs is 2. The second-order valence-electron chi connectivity index (χ2n) is 4.64. The van der Waals surface area contributed by atoms with Gasteiger partial charge in [-0.25, -0.2) is 4.79 Å². The SMILES string of the molecule is COC(=O)N(C)CC12C=CC(O1)C(Cl)(Cl)C(=O)C2(Cl)Cl. The molecule has 2 unspecified atom stereocenters. The molecule has 0 saturated carbocycles. The van der Waals surface area contributed by atoms with E-state index < -0.39 is 32.2 Å². The Morgan fingerprint density at radius 3 is 2.60 bits per heavy atom. The lowest BCUT2D eigenvalue weighted by molar-refractivity contribution is -0.142. The Balaban J connectivity index is 2.36. The van der Waals surface area contributed by atoms with Crippen LogP contribution in [-0.2, 0) is 14.3 Å². The quantitative estimate of drug-likeness (QED) is 0.558. The Kier molecular flexibility index (Phi) is 3.98. The van der Waals surface area contributed by atoms with Crippen molar-refractivity contribution in [1.29, 1.82) is 0 Å². The van der Waals surface area contributed by atoms with Crippen molar-refractivity contribution < 1.29 is 19.1 Å². The standard InChI is InChI=1S/C11H11Cl4NO4/c1-16(8(18)19-2)5-9-4-3-6(20-9)10(12,13)7(17)11(9,14)15/h3-4,6H,5H2,1-2H3. The number of Topliss-reactive ketones (excluding diaryl/α,β-unsaturated/α-hetero) is 1. The van der Waals surface area contributed by atoms with E-state index in [0.717, 1.165) is 0 Å². The lowest BCUT2D eigenvalue weighted by atomic mass is 9.92. The molecule has 2 bridgehead atoms. The molecule has 0 aliphatic carbocycles. The summed E-state index contributed by atoms with van der Waals surface area (Å²) in [7, 11) is 2.69. The zero-order valence-electron chi connectivity index (χ0n) is 10.5. The third-order valence-corrected chi connectivity index (χ3v) is 5.07. The first-order valence-electron chi connectivity index (χ1n) is 5.55. The summed E-state index contributed by atoms with van der Waals surface area (Å²) in [5.41, 5.74) is -1.42. The van der Waals surface area contributed by atoms with Crippen LogP contribution in [0.1, 0.15) is 0 Å². The molecule has 1 amide bonds. The van der Waals surface area contributed by atoms with E-state index in [1.54, 1.807) is 0 Å². The van der Waals surface area contributed by atoms with Crippen LogP contribution in [0.15, 0.2) is 12.2 Å². The second-order valence-corrected chi connectivity index (χ2v) is 7.35. The van der Waals surface area contributed by atoms with Crippen molar-refractivity contribution in [3.63, 3.8) is 0 Å². The second kappa shape index (κ2) is 4.92. The zero-order chi connectivity index (χ0) is 15.3. The van der Waals surface area contributed by atoms with Gasteiger partial charge in [-0.3, -0.25) is 4.79 Å². The minimum absolute atomic E-state index is 0.0880. The number of methoxy groups -OCH3 is 1. The van der Waals surface area contributed by atoms with Crippen LogP contribution in [0.25, 0.3) is 0 Å². The van der Waals surface area contributed by atoms with E-state index >= 15 is 0 Å². The predicted molar refractivity (Wildman–Crippen MR) is 75.7 cm³/mol. The summed E-state index contributed by atoms with van der Waals surface area (Å²) in [6.45, 7) is -0.0880. The van der Waals surface area contributed by atoms with Gasteiger partial charge in [-0.05, 0) is 6.08 Å². The Hall–Kier alpha value is -0.200. The Morgan fingerprint density at radius 2 is 2.05 bits per heavy atom. The van der Waals surface area contributed by atoms with Crippen molar-refractivity contribution >= 4 is 58.3 Å². The highest BCUT2D eigenvalue weighted by Crippen LogP contribution is 2.54. The topological polar surface area (TPSA) is 55.8 Å². The van der Waals surface area contributed by atoms with Gasteiger partial charge in [-0.2, -0.15) is 0 Å². The number of amides is 1. The molecule has 1 fully saturated rings. The first-order valence-corrected chi connectivity index (χ1v) is 7.06. The van der Waals surface area contributed by atoms with Gasteiger partial charge < -0.3 is 14.4 Å². The zero-order valence-corrected chi connectivity index (χ0v) is 13.6. The number of halogens is 4. The number of carbonyl (C=O) groups is 2. The number of hydrogen-bond acceptors (Lipinski definition) is 4. The molecule has 5 nitrogen and oxygen atoms in total. The first-order chi connectivity index (χ1) is 9.08. The minimum atomic E-state index is -2.03. The lowest BCUT2D eigenvalue weighted by Gasteiger charge is -2.47. The van der Waals surface area contributed by atoms with Crippen molar-refractivity contribution in [2.24, 2.45) is 0 Å². The molecule has 0 aromatic carbocycles. The molecule has 0 N–H and O–H groups in total. The van der Waals surface area contributed by atoms with Gasteiger partial charge in [0.15, 0.2) is 0 Å². The first kappa shape index (κ1) is 16.2. The van der Waals surface area contributed by atoms with E-state index in [4.69, 9.17) is 51.1 Å². The van der Waals surface area contributed by atoms with Gasteiger partial charge in [0.2, 0.25) is 14.4 Å². The van der Waals surface area contributed by atoms with Gasteiger partial charge in [-0.1, -0.05) is 52.5 Å². The smallest absolute Gasteiger partial charge is 0.409 e. The summed E-state index contributed by atoms with van der Waals surface area (Å²) in [6, 6.07) is 0. The van der Waals surface area contributed by atoms with Gasteiger partial charge in [0, 0.05) is 7.05 Å². The molecule has 20 heavy (non-hydrogen) atoms. The molecular formula is C11H11Cl4NO4. The third-order valence-electron chi connectivity index (χ3n) is 3.31. The maximum absolute atomic E-state index is 12.3. The predicted octanol–water partition coefficient (Wildman–Crippen LogP) is 2.31. The van der Waals surface area contributed by atoms with Crippen LogP contribution in [0, 0.1) is 0 Å². The number of alkyl halides is 4. The average Bonchev–Trinajstić information content (AvgIpc) is 2.80. The fourth-order valence-corrected chi connectivity index (χ4v) is 3.56. The van der Waals surface area contributed by atoms with E-state index in [0.29, 0.717) is 0 Å². The number of ether oxygens (including phenoxy) is 2. The number of rotatable bonds is 2. The van der Waals surface area contributed by atoms with Gasteiger partial charge in [-0.15, -0.1) is 0 Å². The van der Waals surface area contributed by atoms with Crippen LogP contribution in [0.5, 0.6) is 0 Å². The van der Waals surface area contributed by atoms with E-state index in [-0.39, 0.29) is 6.54 Å². The molecule has 2 aliphatic heterocycles. The van der Waals surface area contributed by atoms with Crippen molar-refractivity contribution in [2.45, 2.75) is 20.4 Å². The summed E-state index contributed by atoms with van der Waals surface area (Å²) >= 11 is 24.2. The molecule has 112 valence electrons. The number of carbonyl (C=O) groups excluding carboxylic acids is 2. The number of ketones is 1. The highest BCUT2D eigenvalue weighted by atomic mass is 35.5. The largest absolute Gasteiger partial charge is 0.453 e. The fraction of sp³-hybridized carbons (Fsp3) is 0.636. The molecular weight excluding hydrogens is 352 g/mol. The summed E-state index contributed by atoms with van der Waals surface area (Å²) in [4.78, 5) is 24.9. The van der Waals surface area contributed by atoms with E-state index in [2.05, 4.69) is 4.74 Å². The Labute approximate surface area is 135 Å². The Bertz CT molecular complexity index is 493. The molecule has 0 radical (unpaired) electrons. The molecule has 2 heterocycles. The highest BCUT2D eigenvalue weighted by molar-refractivity contribution is 6.70. The monoisotopic (exact) mass is 361 g/mol. The molecule has 0 spiro atoms. The number of hydrogen-bond donors (Lipinski definition) is 0. The van der Waals surface area contributed by atoms with Crippen molar-refractivity contribution in [3.8, 4) is 0 Å². The van der Waals surface area contributed by atoms with Gasteiger partial charge in [0.05, 0.1) is 13.7 Å². The molecule has 2 aliphatic rings. The van der Waals surface area contributed by atoms with Gasteiger partial charge in [0.1, 0.15) is 11.7 Å². The summed E-state index contributed by atoms with van der Waals surface area (Å²) < 4.78 is 6.32. The van der Waals surface area contributed by atoms with E-state index in [1.807, 2.05) is 0 Å². The summed E-state index contributed by atoms with van der Waals surface area (Å²) in [5.74, 6) is -0.781. The molecule has 0 aromatic rings. The highest BCUT2D eigenvalue weighted by Gasteiger charge is 2.69. The molecule has 2 rings (SSSR count). The van der Waals surface area contributed by atoms with Crippen molar-refractivity contribution in [2.75, 3.05) is 20.7 Å². The minimum Gasteiger partial charge on any atom is -0.453 e. The van der Waals surface area contributed by atoms with Crippen molar-refractivity contribution in [3.05, 3.63) is 12.2 Å². The maximum Gasteiger partial charge on any atom is 0.409 e. The van der Waals surface area contributed by atoms with E-state index in [1.165, 1.54) is 31.2 Å². The molecule has 2 atom stereocenters. The fourth-order valence-electron chi connectivity index (χ4n) is 2.21. The lowest BCUT2D eigenvalue weighted by Crippen LogP contribution is -2.67. The maximum atomic E-state index is 12.3. The van der Waals surface area contributed by atoms with Crippen LogP contribution in [0.3, 0.4) is 0 Å². The van der Waals surface area contributed by atoms with Crippen LogP contribution in [0.4, 0.5) is 4.79 Å². The summed E-state index contributed by atoms with van der Waals surface area (Å²) in [6.07, 6.45) is 1.51. The molecule has 0 aromatic heterocycles. The third kappa shape index (κ3) is 2.11. The summed E-state index contributed by atoms with van der Waals surface area (Å²) in [5, 5.41) is 0. The number of likely N-dealkylation sites (N-methyl/N-ethyl adjacent to an activating group) is 1. The van der Waals surface area contributed by atoms with Crippen molar-refractivity contribution in [1.82, 2.24) is 4.90 Å². The Morgan fingerprint density at radius 1 is 1.45 bits per heavy atom. The van der Waals surface area contributed by atoms with Crippen LogP contribution in [0.2, 0.25) is 0 Å². The van der Waals surface area contributed by atoms with Crippen LogP contribution >= 0.6 is 46.4 Å².